The smallest absolute Gasteiger partial charge is 0.263 e. The number of aromatic nitrogens is 2. The number of nitrogens with two attached hydrogens (primary N) is 1. The Kier molecular flexibility index (Phi) is 4.96. The summed E-state index contributed by atoms with van der Waals surface area (Å²) in [7, 11) is 0. The third-order valence-corrected chi connectivity index (χ3v) is 6.14. The van der Waals surface area contributed by atoms with Gasteiger partial charge >= 0.3 is 0 Å². The molecule has 1 amide bonds. The van der Waals surface area contributed by atoms with Crippen LogP contribution in [-0.4, -0.2) is 15.5 Å². The Morgan fingerprint density at radius 1 is 1.17 bits per heavy atom. The Labute approximate surface area is 172 Å². The first kappa shape index (κ1) is 19.3. The van der Waals surface area contributed by atoms with Crippen LogP contribution >= 0.6 is 11.3 Å². The van der Waals surface area contributed by atoms with Crippen molar-refractivity contribution in [1.29, 1.82) is 0 Å². The zero-order valence-corrected chi connectivity index (χ0v) is 17.5. The third kappa shape index (κ3) is 3.23. The molecule has 0 radical (unpaired) electrons. The van der Waals surface area contributed by atoms with Crippen LogP contribution in [-0.2, 0) is 4.79 Å². The van der Waals surface area contributed by atoms with Crippen LogP contribution in [0.15, 0.2) is 52.6 Å². The Balaban J connectivity index is 2.02. The van der Waals surface area contributed by atoms with Gasteiger partial charge in [-0.1, -0.05) is 57.2 Å². The molecule has 148 valence electrons. The lowest BCUT2D eigenvalue weighted by Gasteiger charge is -2.21. The summed E-state index contributed by atoms with van der Waals surface area (Å²) in [6.07, 6.45) is 0.442. The molecule has 0 spiro atoms. The minimum Gasteiger partial charge on any atom is -0.368 e. The van der Waals surface area contributed by atoms with Crippen LogP contribution in [0.5, 0.6) is 0 Å². The molecule has 2 aromatic carbocycles. The van der Waals surface area contributed by atoms with Gasteiger partial charge < -0.3 is 5.73 Å². The highest BCUT2D eigenvalue weighted by Gasteiger charge is 2.25. The van der Waals surface area contributed by atoms with Crippen molar-refractivity contribution in [2.45, 2.75) is 39.2 Å². The van der Waals surface area contributed by atoms with E-state index in [-0.39, 0.29) is 11.5 Å². The van der Waals surface area contributed by atoms with E-state index in [0.717, 1.165) is 21.9 Å². The molecule has 0 aliphatic heterocycles. The van der Waals surface area contributed by atoms with Crippen molar-refractivity contribution in [2.75, 3.05) is 0 Å². The molecule has 0 saturated carbocycles. The highest BCUT2D eigenvalue weighted by molar-refractivity contribution is 7.17. The zero-order valence-electron chi connectivity index (χ0n) is 16.7. The molecule has 4 aromatic rings. The van der Waals surface area contributed by atoms with Crippen LogP contribution in [0.3, 0.4) is 0 Å². The number of hydrogen-bond donors (Lipinski definition) is 1. The maximum atomic E-state index is 13.6. The predicted molar refractivity (Wildman–Crippen MR) is 119 cm³/mol. The molecule has 2 N–H and O–H groups in total. The first-order valence-electron chi connectivity index (χ1n) is 9.74. The molecule has 1 unspecified atom stereocenters. The summed E-state index contributed by atoms with van der Waals surface area (Å²) in [6, 6.07) is 13.6. The largest absolute Gasteiger partial charge is 0.368 e. The number of primary amides is 1. The minimum atomic E-state index is -0.707. The molecule has 0 saturated heterocycles. The number of rotatable bonds is 5. The Bertz CT molecular complexity index is 1290. The van der Waals surface area contributed by atoms with Gasteiger partial charge in [0.1, 0.15) is 16.7 Å². The lowest BCUT2D eigenvalue weighted by molar-refractivity contribution is -0.121. The van der Waals surface area contributed by atoms with Crippen molar-refractivity contribution in [3.63, 3.8) is 0 Å². The Hall–Kier alpha value is -2.99. The molecule has 0 bridgehead atoms. The number of amides is 1. The zero-order chi connectivity index (χ0) is 20.7. The average Bonchev–Trinajstić information content (AvgIpc) is 3.13. The second-order valence-electron chi connectivity index (χ2n) is 7.52. The topological polar surface area (TPSA) is 78.0 Å². The minimum absolute atomic E-state index is 0.00767. The quantitative estimate of drug-likeness (QED) is 0.516. The van der Waals surface area contributed by atoms with E-state index in [1.165, 1.54) is 15.9 Å². The number of carbonyl (C=O) groups excluding carboxylic acids is 1. The van der Waals surface area contributed by atoms with Crippen molar-refractivity contribution in [3.05, 3.63) is 64.0 Å². The number of nitrogens with zero attached hydrogens (tertiary/aromatic N) is 2. The van der Waals surface area contributed by atoms with Gasteiger partial charge in [0, 0.05) is 16.9 Å². The van der Waals surface area contributed by atoms with Crippen molar-refractivity contribution in [3.8, 4) is 11.1 Å². The molecule has 4 rings (SSSR count). The summed E-state index contributed by atoms with van der Waals surface area (Å²) in [6.45, 7) is 5.79. The highest BCUT2D eigenvalue weighted by atomic mass is 32.1. The van der Waals surface area contributed by atoms with E-state index in [4.69, 9.17) is 10.7 Å². The predicted octanol–water partition coefficient (Wildman–Crippen LogP) is 4.84. The molecular formula is C23H23N3O2S. The number of fused-ring (bicyclic) bond motifs is 2. The van der Waals surface area contributed by atoms with Gasteiger partial charge in [-0.25, -0.2) is 4.98 Å². The standard InChI is InChI=1S/C23H23N3O2S/c1-4-18(20(24)27)26-21(13(2)3)25-22-19(23(26)28)17(12-29-22)16-10-9-14-7-5-6-8-15(14)11-16/h5-13,18H,4H2,1-3H3,(H2,24,27). The van der Waals surface area contributed by atoms with Gasteiger partial charge in [0.25, 0.3) is 5.56 Å². The van der Waals surface area contributed by atoms with E-state index in [0.29, 0.717) is 22.5 Å². The summed E-state index contributed by atoms with van der Waals surface area (Å²) in [4.78, 5) is 31.1. The summed E-state index contributed by atoms with van der Waals surface area (Å²) in [5.41, 5.74) is 7.23. The second kappa shape index (κ2) is 7.44. The van der Waals surface area contributed by atoms with E-state index in [1.807, 2.05) is 44.4 Å². The molecule has 5 nitrogen and oxygen atoms in total. The summed E-state index contributed by atoms with van der Waals surface area (Å²) >= 11 is 1.46. The lowest BCUT2D eigenvalue weighted by Crippen LogP contribution is -2.36. The van der Waals surface area contributed by atoms with E-state index < -0.39 is 11.9 Å². The number of hydrogen-bond acceptors (Lipinski definition) is 4. The van der Waals surface area contributed by atoms with Gasteiger partial charge in [-0.3, -0.25) is 14.2 Å². The van der Waals surface area contributed by atoms with Crippen LogP contribution in [0.1, 0.15) is 45.0 Å². The first-order chi connectivity index (χ1) is 13.9. The monoisotopic (exact) mass is 405 g/mol. The van der Waals surface area contributed by atoms with E-state index >= 15 is 0 Å². The van der Waals surface area contributed by atoms with Gasteiger partial charge in [0.15, 0.2) is 0 Å². The Morgan fingerprint density at radius 2 is 1.90 bits per heavy atom. The van der Waals surface area contributed by atoms with Crippen molar-refractivity contribution >= 4 is 38.2 Å². The maximum Gasteiger partial charge on any atom is 0.263 e. The van der Waals surface area contributed by atoms with Gasteiger partial charge in [0.05, 0.1) is 5.39 Å². The Morgan fingerprint density at radius 3 is 2.55 bits per heavy atom. The molecular weight excluding hydrogens is 382 g/mol. The maximum absolute atomic E-state index is 13.6. The van der Waals surface area contributed by atoms with Crippen LogP contribution in [0.2, 0.25) is 0 Å². The van der Waals surface area contributed by atoms with E-state index in [1.54, 1.807) is 0 Å². The van der Waals surface area contributed by atoms with Crippen molar-refractivity contribution in [1.82, 2.24) is 9.55 Å². The SMILES string of the molecule is CCC(C(N)=O)n1c(C(C)C)nc2scc(-c3ccc4ccccc4c3)c2c1=O. The lowest BCUT2D eigenvalue weighted by atomic mass is 10.0. The molecule has 0 aliphatic rings. The molecule has 0 aliphatic carbocycles. The summed E-state index contributed by atoms with van der Waals surface area (Å²) in [5, 5.41) is 4.78. The fourth-order valence-corrected chi connectivity index (χ4v) is 4.75. The molecule has 0 fully saturated rings. The van der Waals surface area contributed by atoms with Crippen molar-refractivity contribution < 1.29 is 4.79 Å². The number of thiophene rings is 1. The molecule has 2 heterocycles. The van der Waals surface area contributed by atoms with E-state index in [9.17, 15) is 9.59 Å². The van der Waals surface area contributed by atoms with Crippen LogP contribution in [0, 0.1) is 0 Å². The van der Waals surface area contributed by atoms with E-state index in [2.05, 4.69) is 24.3 Å². The number of benzene rings is 2. The van der Waals surface area contributed by atoms with Gasteiger partial charge in [-0.15, -0.1) is 11.3 Å². The average molecular weight is 406 g/mol. The second-order valence-corrected chi connectivity index (χ2v) is 8.38. The third-order valence-electron chi connectivity index (χ3n) is 5.27. The normalized spacial score (nSPS) is 12.7. The van der Waals surface area contributed by atoms with Crippen LogP contribution in [0.4, 0.5) is 0 Å². The van der Waals surface area contributed by atoms with Crippen LogP contribution in [0.25, 0.3) is 32.1 Å². The summed E-state index contributed by atoms with van der Waals surface area (Å²) in [5.74, 6) is 0.0758. The van der Waals surface area contributed by atoms with Gasteiger partial charge in [-0.2, -0.15) is 0 Å². The molecule has 1 atom stereocenters. The van der Waals surface area contributed by atoms with Gasteiger partial charge in [-0.05, 0) is 28.8 Å². The fraction of sp³-hybridized carbons (Fsp3) is 0.261. The highest BCUT2D eigenvalue weighted by Crippen LogP contribution is 2.34. The van der Waals surface area contributed by atoms with Crippen molar-refractivity contribution in [2.24, 2.45) is 5.73 Å². The fourth-order valence-electron chi connectivity index (χ4n) is 3.81. The number of carbonyl (C=O) groups is 1. The molecule has 29 heavy (non-hydrogen) atoms. The molecule has 2 aromatic heterocycles. The first-order valence-corrected chi connectivity index (χ1v) is 10.6. The van der Waals surface area contributed by atoms with Gasteiger partial charge in [0.2, 0.25) is 5.91 Å². The molecule has 6 heteroatoms. The summed E-state index contributed by atoms with van der Waals surface area (Å²) < 4.78 is 1.51. The van der Waals surface area contributed by atoms with Crippen LogP contribution < -0.4 is 11.3 Å².